The Morgan fingerprint density at radius 2 is 2.00 bits per heavy atom. The lowest BCUT2D eigenvalue weighted by molar-refractivity contribution is -0.384. The van der Waals surface area contributed by atoms with Gasteiger partial charge in [0, 0.05) is 17.8 Å². The number of amides is 1. The molecule has 150 valence electrons. The molecule has 10 nitrogen and oxygen atoms in total. The molecule has 29 heavy (non-hydrogen) atoms. The van der Waals surface area contributed by atoms with E-state index in [2.05, 4.69) is 10.3 Å². The minimum atomic E-state index is -0.542. The predicted molar refractivity (Wildman–Crippen MR) is 106 cm³/mol. The Morgan fingerprint density at radius 3 is 2.62 bits per heavy atom. The second kappa shape index (κ2) is 8.19. The Balaban J connectivity index is 1.82. The van der Waals surface area contributed by atoms with Crippen molar-refractivity contribution in [3.8, 4) is 0 Å². The first-order valence-corrected chi connectivity index (χ1v) is 9.33. The van der Waals surface area contributed by atoms with Gasteiger partial charge in [-0.2, -0.15) is 0 Å². The lowest BCUT2D eigenvalue weighted by atomic mass is 10.2. The van der Waals surface area contributed by atoms with Crippen LogP contribution >= 0.6 is 11.3 Å². The van der Waals surface area contributed by atoms with E-state index in [9.17, 15) is 24.5 Å². The molecule has 0 atom stereocenters. The molecule has 1 N–H and O–H groups in total. The van der Waals surface area contributed by atoms with E-state index in [0.717, 1.165) is 15.9 Å². The third-order valence-electron chi connectivity index (χ3n) is 4.05. The van der Waals surface area contributed by atoms with Crippen LogP contribution < -0.4 is 10.9 Å². The maximum atomic E-state index is 12.8. The van der Waals surface area contributed by atoms with Crippen LogP contribution in [0, 0.1) is 17.0 Å². The highest BCUT2D eigenvalue weighted by Crippen LogP contribution is 2.27. The molecule has 0 fully saturated rings. The van der Waals surface area contributed by atoms with Gasteiger partial charge in [0.2, 0.25) is 5.91 Å². The van der Waals surface area contributed by atoms with Crippen LogP contribution in [0.5, 0.6) is 0 Å². The Labute approximate surface area is 167 Å². The van der Waals surface area contributed by atoms with E-state index in [1.165, 1.54) is 30.6 Å². The van der Waals surface area contributed by atoms with Crippen molar-refractivity contribution in [1.29, 1.82) is 0 Å². The van der Waals surface area contributed by atoms with Gasteiger partial charge in [-0.1, -0.05) is 0 Å². The van der Waals surface area contributed by atoms with E-state index in [1.54, 1.807) is 13.8 Å². The number of rotatable bonds is 6. The van der Waals surface area contributed by atoms with E-state index in [0.29, 0.717) is 21.0 Å². The molecule has 2 heterocycles. The Bertz CT molecular complexity index is 1170. The molecule has 11 heteroatoms. The van der Waals surface area contributed by atoms with Crippen LogP contribution in [0.1, 0.15) is 22.2 Å². The summed E-state index contributed by atoms with van der Waals surface area (Å²) in [5, 5.41) is 13.5. The van der Waals surface area contributed by atoms with Crippen molar-refractivity contribution in [2.24, 2.45) is 0 Å². The van der Waals surface area contributed by atoms with Crippen molar-refractivity contribution in [1.82, 2.24) is 9.55 Å². The molecule has 1 amide bonds. The smallest absolute Gasteiger partial charge is 0.348 e. The van der Waals surface area contributed by atoms with E-state index < -0.39 is 22.4 Å². The number of nitro groups is 1. The van der Waals surface area contributed by atoms with Crippen LogP contribution in [0.15, 0.2) is 35.4 Å². The standard InChI is InChI=1S/C18H16N4O6S/c1-3-28-18(25)15-10(2)14-16(29-15)19-9-21(17(14)24)8-13(23)20-11-4-6-12(7-5-11)22(26)27/h4-7,9H,3,8H2,1-2H3,(H,20,23). The summed E-state index contributed by atoms with van der Waals surface area (Å²) in [5.41, 5.74) is 0.280. The fourth-order valence-corrected chi connectivity index (χ4v) is 3.72. The van der Waals surface area contributed by atoms with E-state index in [1.807, 2.05) is 0 Å². The summed E-state index contributed by atoms with van der Waals surface area (Å²) >= 11 is 1.07. The average molecular weight is 416 g/mol. The van der Waals surface area contributed by atoms with Crippen LogP contribution in [-0.2, 0) is 16.1 Å². The van der Waals surface area contributed by atoms with Crippen molar-refractivity contribution in [2.75, 3.05) is 11.9 Å². The number of aryl methyl sites for hydroxylation is 1. The van der Waals surface area contributed by atoms with E-state index >= 15 is 0 Å². The Hall–Kier alpha value is -3.60. The number of fused-ring (bicyclic) bond motifs is 1. The van der Waals surface area contributed by atoms with Crippen LogP contribution in [0.2, 0.25) is 0 Å². The summed E-state index contributed by atoms with van der Waals surface area (Å²) in [4.78, 5) is 52.1. The van der Waals surface area contributed by atoms with Crippen molar-refractivity contribution in [2.45, 2.75) is 20.4 Å². The topological polar surface area (TPSA) is 133 Å². The minimum absolute atomic E-state index is 0.0980. The highest BCUT2D eigenvalue weighted by atomic mass is 32.1. The Morgan fingerprint density at radius 1 is 1.31 bits per heavy atom. The summed E-state index contributed by atoms with van der Waals surface area (Å²) < 4.78 is 6.13. The van der Waals surface area contributed by atoms with Crippen molar-refractivity contribution >= 4 is 44.8 Å². The third kappa shape index (κ3) is 4.14. The minimum Gasteiger partial charge on any atom is -0.462 e. The number of nitro benzene ring substituents is 1. The molecule has 0 saturated heterocycles. The number of carbonyl (C=O) groups is 2. The number of anilines is 1. The molecule has 0 aliphatic carbocycles. The first-order valence-electron chi connectivity index (χ1n) is 8.51. The molecule has 0 spiro atoms. The molecule has 2 aromatic heterocycles. The number of hydrogen-bond donors (Lipinski definition) is 1. The molecule has 3 aromatic rings. The van der Waals surface area contributed by atoms with Crippen molar-refractivity contribution < 1.29 is 19.2 Å². The number of ether oxygens (including phenoxy) is 1. The van der Waals surface area contributed by atoms with Crippen molar-refractivity contribution in [3.63, 3.8) is 0 Å². The zero-order valence-electron chi connectivity index (χ0n) is 15.5. The van der Waals surface area contributed by atoms with E-state index in [4.69, 9.17) is 4.74 Å². The van der Waals surface area contributed by atoms with E-state index in [-0.39, 0.29) is 24.2 Å². The summed E-state index contributed by atoms with van der Waals surface area (Å²) in [6.07, 6.45) is 1.24. The third-order valence-corrected chi connectivity index (χ3v) is 5.23. The van der Waals surface area contributed by atoms with Gasteiger partial charge in [-0.3, -0.25) is 24.3 Å². The molecule has 1 aromatic carbocycles. The molecular weight excluding hydrogens is 400 g/mol. The first-order chi connectivity index (χ1) is 13.8. The monoisotopic (exact) mass is 416 g/mol. The second-order valence-electron chi connectivity index (χ2n) is 5.99. The zero-order valence-corrected chi connectivity index (χ0v) is 16.3. The van der Waals surface area contributed by atoms with Crippen LogP contribution in [-0.4, -0.2) is 33.0 Å². The summed E-state index contributed by atoms with van der Waals surface area (Å²) in [7, 11) is 0. The van der Waals surface area contributed by atoms with Gasteiger partial charge in [-0.05, 0) is 31.5 Å². The van der Waals surface area contributed by atoms with Crippen LogP contribution in [0.25, 0.3) is 10.2 Å². The molecule has 0 bridgehead atoms. The fraction of sp³-hybridized carbons (Fsp3) is 0.222. The van der Waals surface area contributed by atoms with Gasteiger partial charge in [0.15, 0.2) is 0 Å². The van der Waals surface area contributed by atoms with Crippen molar-refractivity contribution in [3.05, 3.63) is 61.5 Å². The zero-order chi connectivity index (χ0) is 21.1. The predicted octanol–water partition coefficient (Wildman–Crippen LogP) is 2.49. The summed E-state index contributed by atoms with van der Waals surface area (Å²) in [6, 6.07) is 5.33. The molecule has 0 aliphatic heterocycles. The summed E-state index contributed by atoms with van der Waals surface area (Å²) in [5.74, 6) is -1.02. The quantitative estimate of drug-likeness (QED) is 0.371. The normalized spacial score (nSPS) is 10.7. The van der Waals surface area contributed by atoms with Gasteiger partial charge in [-0.15, -0.1) is 11.3 Å². The molecule has 0 unspecified atom stereocenters. The second-order valence-corrected chi connectivity index (χ2v) is 6.99. The number of esters is 1. The van der Waals surface area contributed by atoms with Gasteiger partial charge in [0.05, 0.1) is 23.2 Å². The number of non-ortho nitro benzene ring substituents is 1. The highest BCUT2D eigenvalue weighted by Gasteiger charge is 2.20. The lowest BCUT2D eigenvalue weighted by Gasteiger charge is -2.07. The first kappa shape index (κ1) is 20.1. The van der Waals surface area contributed by atoms with Gasteiger partial charge in [0.25, 0.3) is 11.2 Å². The number of carbonyl (C=O) groups excluding carboxylic acids is 2. The van der Waals surface area contributed by atoms with Crippen LogP contribution in [0.4, 0.5) is 11.4 Å². The maximum absolute atomic E-state index is 12.8. The van der Waals surface area contributed by atoms with Crippen LogP contribution in [0.3, 0.4) is 0 Å². The van der Waals surface area contributed by atoms with Gasteiger partial charge in [0.1, 0.15) is 16.3 Å². The van der Waals surface area contributed by atoms with Gasteiger partial charge in [-0.25, -0.2) is 9.78 Å². The number of hydrogen-bond acceptors (Lipinski definition) is 8. The fourth-order valence-electron chi connectivity index (χ4n) is 2.68. The molecule has 0 saturated carbocycles. The molecule has 0 radical (unpaired) electrons. The maximum Gasteiger partial charge on any atom is 0.348 e. The SMILES string of the molecule is CCOC(=O)c1sc2ncn(CC(=O)Nc3ccc([N+](=O)[O-])cc3)c(=O)c2c1C. The lowest BCUT2D eigenvalue weighted by Crippen LogP contribution is -2.27. The molecule has 0 aliphatic rings. The summed E-state index contributed by atoms with van der Waals surface area (Å²) in [6.45, 7) is 3.24. The molecule has 3 rings (SSSR count). The molecular formula is C18H16N4O6S. The van der Waals surface area contributed by atoms with Gasteiger partial charge >= 0.3 is 5.97 Å². The average Bonchev–Trinajstić information content (AvgIpc) is 3.02. The number of benzene rings is 1. The number of thiophene rings is 1. The number of aromatic nitrogens is 2. The number of nitrogens with zero attached hydrogens (tertiary/aromatic N) is 3. The Kier molecular flexibility index (Phi) is 5.69. The van der Waals surface area contributed by atoms with Gasteiger partial charge < -0.3 is 10.1 Å². The largest absolute Gasteiger partial charge is 0.462 e. The number of nitrogens with one attached hydrogen (secondary N) is 1. The highest BCUT2D eigenvalue weighted by molar-refractivity contribution is 7.20.